The summed E-state index contributed by atoms with van der Waals surface area (Å²) in [6.45, 7) is 1.25. The molecule has 16 heavy (non-hydrogen) atoms. The van der Waals surface area contributed by atoms with Crippen molar-refractivity contribution in [1.82, 2.24) is 4.90 Å². The number of benzene rings is 1. The van der Waals surface area contributed by atoms with Gasteiger partial charge in [-0.1, -0.05) is 24.3 Å². The lowest BCUT2D eigenvalue weighted by Gasteiger charge is -2.10. The number of hydrogen-bond donors (Lipinski definition) is 1. The van der Waals surface area contributed by atoms with E-state index in [1.807, 2.05) is 38.4 Å². The zero-order chi connectivity index (χ0) is 12.0. The Morgan fingerprint density at radius 1 is 1.25 bits per heavy atom. The van der Waals surface area contributed by atoms with Gasteiger partial charge in [0.25, 0.3) is 0 Å². The molecule has 0 unspecified atom stereocenters. The molecule has 88 valence electrons. The van der Waals surface area contributed by atoms with Gasteiger partial charge in [-0.3, -0.25) is 0 Å². The minimum absolute atomic E-state index is 0.543. The molecule has 4 heteroatoms. The van der Waals surface area contributed by atoms with Crippen LogP contribution in [0, 0.1) is 0 Å². The van der Waals surface area contributed by atoms with Crippen LogP contribution in [0.15, 0.2) is 29.3 Å². The van der Waals surface area contributed by atoms with Crippen molar-refractivity contribution in [1.29, 1.82) is 0 Å². The van der Waals surface area contributed by atoms with Crippen molar-refractivity contribution < 1.29 is 4.74 Å². The van der Waals surface area contributed by atoms with Gasteiger partial charge in [-0.15, -0.1) is 0 Å². The van der Waals surface area contributed by atoms with Crippen molar-refractivity contribution in [2.45, 2.75) is 13.2 Å². The Morgan fingerprint density at radius 3 is 2.31 bits per heavy atom. The van der Waals surface area contributed by atoms with Crippen molar-refractivity contribution in [3.05, 3.63) is 35.4 Å². The predicted octanol–water partition coefficient (Wildman–Crippen LogP) is 1.21. The second-order valence-corrected chi connectivity index (χ2v) is 3.82. The molecule has 0 aliphatic heterocycles. The standard InChI is InChI=1S/C12H19N3O/c1-15(2)12(13)14-8-10-4-6-11(7-5-10)9-16-3/h4-7H,8-9H2,1-3H3,(H2,13,14). The Hall–Kier alpha value is -1.55. The van der Waals surface area contributed by atoms with Crippen LogP contribution >= 0.6 is 0 Å². The van der Waals surface area contributed by atoms with E-state index in [1.54, 1.807) is 12.0 Å². The number of guanidine groups is 1. The summed E-state index contributed by atoms with van der Waals surface area (Å²) in [6.07, 6.45) is 0. The van der Waals surface area contributed by atoms with Crippen molar-refractivity contribution >= 4 is 5.96 Å². The topological polar surface area (TPSA) is 50.9 Å². The third-order valence-corrected chi connectivity index (χ3v) is 2.22. The van der Waals surface area contributed by atoms with E-state index in [0.29, 0.717) is 19.1 Å². The average Bonchev–Trinajstić information content (AvgIpc) is 2.28. The number of rotatable bonds is 4. The minimum Gasteiger partial charge on any atom is -0.380 e. The summed E-state index contributed by atoms with van der Waals surface area (Å²) in [5.41, 5.74) is 8.00. The van der Waals surface area contributed by atoms with Gasteiger partial charge in [0.2, 0.25) is 0 Å². The van der Waals surface area contributed by atoms with Gasteiger partial charge in [-0.05, 0) is 11.1 Å². The maximum atomic E-state index is 5.70. The molecule has 0 atom stereocenters. The lowest BCUT2D eigenvalue weighted by atomic mass is 10.1. The second-order valence-electron chi connectivity index (χ2n) is 3.82. The molecule has 1 aromatic rings. The Balaban J connectivity index is 2.58. The molecule has 0 bridgehead atoms. The van der Waals surface area contributed by atoms with Crippen molar-refractivity contribution in [3.8, 4) is 0 Å². The summed E-state index contributed by atoms with van der Waals surface area (Å²) in [5.74, 6) is 0.543. The first-order valence-corrected chi connectivity index (χ1v) is 5.17. The molecule has 0 saturated heterocycles. The van der Waals surface area contributed by atoms with Crippen molar-refractivity contribution in [3.63, 3.8) is 0 Å². The first kappa shape index (κ1) is 12.5. The predicted molar refractivity (Wildman–Crippen MR) is 66.2 cm³/mol. The Bertz CT molecular complexity index is 344. The van der Waals surface area contributed by atoms with E-state index in [1.165, 1.54) is 0 Å². The van der Waals surface area contributed by atoms with E-state index in [2.05, 4.69) is 4.99 Å². The van der Waals surface area contributed by atoms with Gasteiger partial charge in [-0.2, -0.15) is 0 Å². The van der Waals surface area contributed by atoms with Crippen LogP contribution in [0.1, 0.15) is 11.1 Å². The highest BCUT2D eigenvalue weighted by molar-refractivity contribution is 5.77. The van der Waals surface area contributed by atoms with Crippen molar-refractivity contribution in [2.75, 3.05) is 21.2 Å². The van der Waals surface area contributed by atoms with Crippen LogP contribution in [0.25, 0.3) is 0 Å². The Labute approximate surface area is 96.7 Å². The monoisotopic (exact) mass is 221 g/mol. The van der Waals surface area contributed by atoms with E-state index in [0.717, 1.165) is 11.1 Å². The Kier molecular flexibility index (Phi) is 4.79. The van der Waals surface area contributed by atoms with E-state index in [9.17, 15) is 0 Å². The van der Waals surface area contributed by atoms with Crippen LogP contribution in [-0.4, -0.2) is 32.1 Å². The highest BCUT2D eigenvalue weighted by Gasteiger charge is 1.96. The fraction of sp³-hybridized carbons (Fsp3) is 0.417. The zero-order valence-electron chi connectivity index (χ0n) is 10.1. The molecule has 1 rings (SSSR count). The van der Waals surface area contributed by atoms with Crippen LogP contribution in [0.2, 0.25) is 0 Å². The highest BCUT2D eigenvalue weighted by atomic mass is 16.5. The maximum absolute atomic E-state index is 5.70. The molecule has 0 saturated carbocycles. The smallest absolute Gasteiger partial charge is 0.191 e. The van der Waals surface area contributed by atoms with Gasteiger partial charge in [0.05, 0.1) is 13.2 Å². The summed E-state index contributed by atoms with van der Waals surface area (Å²) < 4.78 is 5.04. The maximum Gasteiger partial charge on any atom is 0.191 e. The lowest BCUT2D eigenvalue weighted by Crippen LogP contribution is -2.30. The highest BCUT2D eigenvalue weighted by Crippen LogP contribution is 2.06. The van der Waals surface area contributed by atoms with Gasteiger partial charge in [0.1, 0.15) is 0 Å². The van der Waals surface area contributed by atoms with E-state index < -0.39 is 0 Å². The molecule has 0 heterocycles. The number of nitrogens with zero attached hydrogens (tertiary/aromatic N) is 2. The molecule has 0 fully saturated rings. The molecule has 0 aromatic heterocycles. The summed E-state index contributed by atoms with van der Waals surface area (Å²) in [7, 11) is 5.44. The van der Waals surface area contributed by atoms with Crippen LogP contribution in [0.5, 0.6) is 0 Å². The number of ether oxygens (including phenoxy) is 1. The molecule has 0 amide bonds. The molecular formula is C12H19N3O. The van der Waals surface area contributed by atoms with Crippen LogP contribution in [0.4, 0.5) is 0 Å². The first-order valence-electron chi connectivity index (χ1n) is 5.17. The summed E-state index contributed by atoms with van der Waals surface area (Å²) >= 11 is 0. The molecule has 1 aromatic carbocycles. The quantitative estimate of drug-likeness (QED) is 0.614. The van der Waals surface area contributed by atoms with E-state index >= 15 is 0 Å². The molecule has 2 N–H and O–H groups in total. The number of nitrogens with two attached hydrogens (primary N) is 1. The van der Waals surface area contributed by atoms with E-state index in [-0.39, 0.29) is 0 Å². The van der Waals surface area contributed by atoms with Crippen LogP contribution in [-0.2, 0) is 17.9 Å². The Morgan fingerprint density at radius 2 is 1.81 bits per heavy atom. The molecule has 0 aliphatic rings. The van der Waals surface area contributed by atoms with Crippen LogP contribution < -0.4 is 5.73 Å². The molecule has 4 nitrogen and oxygen atoms in total. The van der Waals surface area contributed by atoms with Gasteiger partial charge in [0, 0.05) is 21.2 Å². The van der Waals surface area contributed by atoms with Gasteiger partial charge in [-0.25, -0.2) is 4.99 Å². The third kappa shape index (κ3) is 3.90. The summed E-state index contributed by atoms with van der Waals surface area (Å²) in [6, 6.07) is 8.17. The van der Waals surface area contributed by atoms with Gasteiger partial charge < -0.3 is 15.4 Å². The average molecular weight is 221 g/mol. The van der Waals surface area contributed by atoms with Crippen LogP contribution in [0.3, 0.4) is 0 Å². The van der Waals surface area contributed by atoms with Gasteiger partial charge >= 0.3 is 0 Å². The van der Waals surface area contributed by atoms with E-state index in [4.69, 9.17) is 10.5 Å². The number of methoxy groups -OCH3 is 1. The number of aliphatic imine (C=N–C) groups is 1. The molecule has 0 aliphatic carbocycles. The molecule has 0 radical (unpaired) electrons. The summed E-state index contributed by atoms with van der Waals surface area (Å²) in [5, 5.41) is 0. The molecular weight excluding hydrogens is 202 g/mol. The fourth-order valence-corrected chi connectivity index (χ4v) is 1.22. The summed E-state index contributed by atoms with van der Waals surface area (Å²) in [4.78, 5) is 6.05. The number of hydrogen-bond acceptors (Lipinski definition) is 2. The third-order valence-electron chi connectivity index (χ3n) is 2.22. The second kappa shape index (κ2) is 6.12. The molecule has 0 spiro atoms. The van der Waals surface area contributed by atoms with Gasteiger partial charge in [0.15, 0.2) is 5.96 Å². The lowest BCUT2D eigenvalue weighted by molar-refractivity contribution is 0.185. The first-order chi connectivity index (χ1) is 7.63. The largest absolute Gasteiger partial charge is 0.380 e. The van der Waals surface area contributed by atoms with Crippen molar-refractivity contribution in [2.24, 2.45) is 10.7 Å². The normalized spacial score (nSPS) is 11.6. The fourth-order valence-electron chi connectivity index (χ4n) is 1.22. The minimum atomic E-state index is 0.543. The zero-order valence-corrected chi connectivity index (χ0v) is 10.1. The SMILES string of the molecule is COCc1ccc(CN=C(N)N(C)C)cc1.